The molecule has 1 aliphatic carbocycles. The maximum atomic E-state index is 11.9. The molecule has 0 N–H and O–H groups in total. The zero-order chi connectivity index (χ0) is 14.8. The predicted molar refractivity (Wildman–Crippen MR) is 63.3 cm³/mol. The molecule has 1 spiro atoms. The Morgan fingerprint density at radius 1 is 1.45 bits per heavy atom. The highest BCUT2D eigenvalue weighted by atomic mass is 19.4. The zero-order valence-electron chi connectivity index (χ0n) is 11.4. The first kappa shape index (κ1) is 15.7. The second-order valence-corrected chi connectivity index (χ2v) is 5.45. The predicted octanol–water partition coefficient (Wildman–Crippen LogP) is 2.11. The molecule has 7 heteroatoms. The van der Waals surface area contributed by atoms with Gasteiger partial charge in [-0.3, -0.25) is 4.79 Å². The molecule has 0 aromatic carbocycles. The van der Waals surface area contributed by atoms with E-state index in [0.717, 1.165) is 6.42 Å². The maximum Gasteiger partial charge on any atom is 0.411 e. The normalized spacial score (nSPS) is 31.6. The van der Waals surface area contributed by atoms with Crippen molar-refractivity contribution in [2.75, 3.05) is 26.4 Å². The van der Waals surface area contributed by atoms with Crippen LogP contribution < -0.4 is 0 Å². The lowest BCUT2D eigenvalue weighted by atomic mass is 9.76. The van der Waals surface area contributed by atoms with E-state index in [-0.39, 0.29) is 36.6 Å². The van der Waals surface area contributed by atoms with Crippen LogP contribution in [0.5, 0.6) is 0 Å². The van der Waals surface area contributed by atoms with Gasteiger partial charge in [0.15, 0.2) is 0 Å². The van der Waals surface area contributed by atoms with E-state index in [1.807, 2.05) is 6.92 Å². The van der Waals surface area contributed by atoms with E-state index in [0.29, 0.717) is 19.4 Å². The quantitative estimate of drug-likeness (QED) is 0.556. The van der Waals surface area contributed by atoms with E-state index in [2.05, 4.69) is 4.74 Å². The monoisotopic (exact) mass is 296 g/mol. The molecule has 3 unspecified atom stereocenters. The van der Waals surface area contributed by atoms with Crippen LogP contribution in [0.4, 0.5) is 13.2 Å². The van der Waals surface area contributed by atoms with E-state index in [1.165, 1.54) is 0 Å². The van der Waals surface area contributed by atoms with Crippen molar-refractivity contribution >= 4 is 5.78 Å². The third-order valence-electron chi connectivity index (χ3n) is 3.91. The number of hydrogen-bond donors (Lipinski definition) is 0. The van der Waals surface area contributed by atoms with Crippen LogP contribution >= 0.6 is 0 Å². The van der Waals surface area contributed by atoms with Crippen molar-refractivity contribution in [3.63, 3.8) is 0 Å². The van der Waals surface area contributed by atoms with Crippen LogP contribution in [-0.4, -0.2) is 50.1 Å². The second kappa shape index (κ2) is 5.99. The summed E-state index contributed by atoms with van der Waals surface area (Å²) in [6.07, 6.45) is -2.86. The molecule has 1 heterocycles. The summed E-state index contributed by atoms with van der Waals surface area (Å²) in [5.41, 5.74) is -0.236. The summed E-state index contributed by atoms with van der Waals surface area (Å²) in [7, 11) is 0. The number of halogens is 3. The van der Waals surface area contributed by atoms with Crippen LogP contribution in [0.1, 0.15) is 26.2 Å². The van der Waals surface area contributed by atoms with Gasteiger partial charge in [0.05, 0.1) is 31.5 Å². The smallest absolute Gasteiger partial charge is 0.376 e. The van der Waals surface area contributed by atoms with E-state index < -0.39 is 12.8 Å². The van der Waals surface area contributed by atoms with Gasteiger partial charge < -0.3 is 14.2 Å². The van der Waals surface area contributed by atoms with Crippen molar-refractivity contribution in [2.24, 2.45) is 5.92 Å². The number of carbonyl (C=O) groups is 1. The Morgan fingerprint density at radius 2 is 2.15 bits per heavy atom. The van der Waals surface area contributed by atoms with Gasteiger partial charge >= 0.3 is 6.18 Å². The van der Waals surface area contributed by atoms with Gasteiger partial charge in [0.2, 0.25) is 0 Å². The largest absolute Gasteiger partial charge is 0.411 e. The van der Waals surface area contributed by atoms with Crippen LogP contribution in [-0.2, 0) is 19.0 Å². The van der Waals surface area contributed by atoms with Gasteiger partial charge in [0.25, 0.3) is 0 Å². The van der Waals surface area contributed by atoms with Gasteiger partial charge in [0.1, 0.15) is 12.4 Å². The van der Waals surface area contributed by atoms with Crippen LogP contribution in [0.25, 0.3) is 0 Å². The number of epoxide rings is 1. The SMILES string of the molecule is CC(OCCOCC(F)(F)F)C1CC(=O)CCC12CO2. The standard InChI is InChI=1S/C13H19F3O4/c1-9(19-5-4-18-8-13(14,15)16)11-6-10(17)2-3-12(11)7-20-12/h9,11H,2-8H2,1H3. The summed E-state index contributed by atoms with van der Waals surface area (Å²) in [5, 5.41) is 0. The van der Waals surface area contributed by atoms with E-state index >= 15 is 0 Å². The third kappa shape index (κ3) is 4.17. The first-order valence-corrected chi connectivity index (χ1v) is 6.74. The summed E-state index contributed by atoms with van der Waals surface area (Å²) in [6, 6.07) is 0. The molecule has 0 aromatic rings. The summed E-state index contributed by atoms with van der Waals surface area (Å²) in [5.74, 6) is 0.186. The highest BCUT2D eigenvalue weighted by Gasteiger charge is 2.56. The molecule has 2 rings (SSSR count). The molecule has 1 saturated heterocycles. The Kier molecular flexibility index (Phi) is 4.71. The van der Waals surface area contributed by atoms with Gasteiger partial charge in [-0.25, -0.2) is 0 Å². The fourth-order valence-electron chi connectivity index (χ4n) is 2.71. The molecule has 0 amide bonds. The highest BCUT2D eigenvalue weighted by Crippen LogP contribution is 2.47. The third-order valence-corrected chi connectivity index (χ3v) is 3.91. The Morgan fingerprint density at radius 3 is 2.75 bits per heavy atom. The molecule has 1 aliphatic heterocycles. The fraction of sp³-hybridized carbons (Fsp3) is 0.923. The first-order chi connectivity index (χ1) is 9.32. The minimum Gasteiger partial charge on any atom is -0.376 e. The molecule has 2 fully saturated rings. The molecule has 1 saturated carbocycles. The number of hydrogen-bond acceptors (Lipinski definition) is 4. The van der Waals surface area contributed by atoms with Crippen LogP contribution in [0.15, 0.2) is 0 Å². The topological polar surface area (TPSA) is 48.1 Å². The molecular formula is C13H19F3O4. The van der Waals surface area contributed by atoms with Crippen molar-refractivity contribution in [1.82, 2.24) is 0 Å². The Labute approximate surface area is 115 Å². The lowest BCUT2D eigenvalue weighted by molar-refractivity contribution is -0.178. The number of Topliss-reactive ketones (excluding diaryl/α,β-unsaturated/α-hetero) is 1. The van der Waals surface area contributed by atoms with Crippen LogP contribution in [0.2, 0.25) is 0 Å². The number of rotatable bonds is 6. The van der Waals surface area contributed by atoms with E-state index in [1.54, 1.807) is 0 Å². The number of ether oxygens (including phenoxy) is 3. The molecule has 2 aliphatic rings. The van der Waals surface area contributed by atoms with Crippen molar-refractivity contribution in [2.45, 2.75) is 44.1 Å². The van der Waals surface area contributed by atoms with Crippen molar-refractivity contribution in [1.29, 1.82) is 0 Å². The fourth-order valence-corrected chi connectivity index (χ4v) is 2.71. The minimum absolute atomic E-state index is 0.00799. The number of carbonyl (C=O) groups excluding carboxylic acids is 1. The summed E-state index contributed by atoms with van der Waals surface area (Å²) >= 11 is 0. The van der Waals surface area contributed by atoms with Gasteiger partial charge in [-0.05, 0) is 13.3 Å². The Hall–Kier alpha value is -0.660. The molecule has 20 heavy (non-hydrogen) atoms. The van der Waals surface area contributed by atoms with Gasteiger partial charge in [-0.2, -0.15) is 13.2 Å². The van der Waals surface area contributed by atoms with Crippen molar-refractivity contribution < 1.29 is 32.2 Å². The second-order valence-electron chi connectivity index (χ2n) is 5.45. The van der Waals surface area contributed by atoms with E-state index in [9.17, 15) is 18.0 Å². The van der Waals surface area contributed by atoms with Crippen molar-refractivity contribution in [3.8, 4) is 0 Å². The highest BCUT2D eigenvalue weighted by molar-refractivity contribution is 5.80. The van der Waals surface area contributed by atoms with Gasteiger partial charge in [-0.15, -0.1) is 0 Å². The molecule has 4 nitrogen and oxygen atoms in total. The summed E-state index contributed by atoms with van der Waals surface area (Å²) < 4.78 is 51.0. The average Bonchev–Trinajstić information content (AvgIpc) is 3.11. The van der Waals surface area contributed by atoms with Gasteiger partial charge in [-0.1, -0.05) is 0 Å². The lowest BCUT2D eigenvalue weighted by Crippen LogP contribution is -2.40. The molecule has 0 bridgehead atoms. The minimum atomic E-state index is -4.31. The molecule has 0 radical (unpaired) electrons. The summed E-state index contributed by atoms with van der Waals surface area (Å²) in [4.78, 5) is 11.5. The first-order valence-electron chi connectivity index (χ1n) is 6.74. The van der Waals surface area contributed by atoms with Crippen molar-refractivity contribution in [3.05, 3.63) is 0 Å². The van der Waals surface area contributed by atoms with Crippen LogP contribution in [0, 0.1) is 5.92 Å². The van der Waals surface area contributed by atoms with Crippen LogP contribution in [0.3, 0.4) is 0 Å². The van der Waals surface area contributed by atoms with E-state index in [4.69, 9.17) is 9.47 Å². The molecular weight excluding hydrogens is 277 g/mol. The molecule has 3 atom stereocenters. The lowest BCUT2D eigenvalue weighted by Gasteiger charge is -2.32. The number of ketones is 1. The zero-order valence-corrected chi connectivity index (χ0v) is 11.4. The maximum absolute atomic E-state index is 11.9. The average molecular weight is 296 g/mol. The Balaban J connectivity index is 1.69. The summed E-state index contributed by atoms with van der Waals surface area (Å²) in [6.45, 7) is 1.18. The molecule has 116 valence electrons. The Bertz CT molecular complexity index is 352. The van der Waals surface area contributed by atoms with Gasteiger partial charge in [0, 0.05) is 18.8 Å². The molecule has 0 aromatic heterocycles. The number of alkyl halides is 3.